The first-order chi connectivity index (χ1) is 16.3. The average Bonchev–Trinajstić information content (AvgIpc) is 2.79. The highest BCUT2D eigenvalue weighted by Gasteiger charge is 2.23. The number of nitrogens with two attached hydrogens (primary N) is 2. The number of rotatable bonds is 21. The fraction of sp³-hybridized carbons (Fsp3) is 0.840. The van der Waals surface area contributed by atoms with Crippen LogP contribution in [0.1, 0.15) is 117 Å². The van der Waals surface area contributed by atoms with Crippen LogP contribution in [0.4, 0.5) is 0 Å². The highest BCUT2D eigenvalue weighted by Crippen LogP contribution is 2.13. The zero-order valence-corrected chi connectivity index (χ0v) is 21.5. The Morgan fingerprint density at radius 3 is 1.82 bits per heavy atom. The lowest BCUT2D eigenvalue weighted by molar-refractivity contribution is -0.162. The van der Waals surface area contributed by atoms with Crippen molar-refractivity contribution in [3.05, 3.63) is 0 Å². The molecule has 0 saturated heterocycles. The van der Waals surface area contributed by atoms with Crippen molar-refractivity contribution in [3.63, 3.8) is 0 Å². The number of esters is 2. The molecule has 0 aliphatic heterocycles. The highest BCUT2D eigenvalue weighted by molar-refractivity contribution is 5.92. The molecule has 0 saturated carbocycles. The molecule has 2 atom stereocenters. The molecule has 9 nitrogen and oxygen atoms in total. The Morgan fingerprint density at radius 1 is 0.824 bits per heavy atom. The molecule has 0 unspecified atom stereocenters. The Balaban J connectivity index is 3.73. The molecule has 9 heteroatoms. The van der Waals surface area contributed by atoms with Gasteiger partial charge in [0.2, 0.25) is 5.91 Å². The molecule has 7 N–H and O–H groups in total. The van der Waals surface area contributed by atoms with Crippen molar-refractivity contribution in [1.82, 2.24) is 10.6 Å². The summed E-state index contributed by atoms with van der Waals surface area (Å²) in [6.45, 7) is 4.13. The van der Waals surface area contributed by atoms with Gasteiger partial charge in [0.15, 0.2) is 5.96 Å². The number of ether oxygens (including phenoxy) is 1. The van der Waals surface area contributed by atoms with Crippen LogP contribution in [0.25, 0.3) is 0 Å². The topological polar surface area (TPSA) is 160 Å². The first kappa shape index (κ1) is 31.8. The van der Waals surface area contributed by atoms with Crippen molar-refractivity contribution in [2.24, 2.45) is 11.5 Å². The van der Waals surface area contributed by atoms with E-state index in [-0.39, 0.29) is 18.3 Å². The lowest BCUT2D eigenvalue weighted by atomic mass is 10.0. The van der Waals surface area contributed by atoms with Crippen LogP contribution < -0.4 is 22.1 Å². The van der Waals surface area contributed by atoms with E-state index in [4.69, 9.17) is 21.6 Å². The smallest absolute Gasteiger partial charge is 0.336 e. The van der Waals surface area contributed by atoms with E-state index in [0.717, 1.165) is 19.3 Å². The van der Waals surface area contributed by atoms with E-state index >= 15 is 0 Å². The molecule has 1 amide bonds. The summed E-state index contributed by atoms with van der Waals surface area (Å²) in [6, 6.07) is -1.86. The summed E-state index contributed by atoms with van der Waals surface area (Å²) in [5.41, 5.74) is 10.9. The molecule has 198 valence electrons. The minimum Gasteiger partial charge on any atom is -0.390 e. The molecule has 0 aromatic carbocycles. The molecule has 0 radical (unpaired) electrons. The van der Waals surface area contributed by atoms with Gasteiger partial charge in [-0.05, 0) is 26.2 Å². The van der Waals surface area contributed by atoms with Gasteiger partial charge in [0, 0.05) is 13.0 Å². The van der Waals surface area contributed by atoms with Crippen molar-refractivity contribution in [2.45, 2.75) is 129 Å². The van der Waals surface area contributed by atoms with E-state index < -0.39 is 24.0 Å². The predicted octanol–water partition coefficient (Wildman–Crippen LogP) is 3.63. The molecule has 0 bridgehead atoms. The largest absolute Gasteiger partial charge is 0.390 e. The number of amides is 1. The Bertz CT molecular complexity index is 586. The van der Waals surface area contributed by atoms with E-state index in [9.17, 15) is 14.4 Å². The van der Waals surface area contributed by atoms with Crippen molar-refractivity contribution in [1.29, 1.82) is 5.41 Å². The summed E-state index contributed by atoms with van der Waals surface area (Å²) in [5.74, 6) is -2.03. The average molecular weight is 484 g/mol. The van der Waals surface area contributed by atoms with Crippen LogP contribution in [-0.4, -0.2) is 42.4 Å². The van der Waals surface area contributed by atoms with Crippen molar-refractivity contribution >= 4 is 23.8 Å². The normalized spacial score (nSPS) is 12.6. The van der Waals surface area contributed by atoms with Gasteiger partial charge in [0.1, 0.15) is 12.1 Å². The van der Waals surface area contributed by atoms with Crippen LogP contribution in [0.15, 0.2) is 0 Å². The third-order valence-corrected chi connectivity index (χ3v) is 5.75. The summed E-state index contributed by atoms with van der Waals surface area (Å²) in [4.78, 5) is 36.0. The molecule has 34 heavy (non-hydrogen) atoms. The molecular formula is C25H49N5O4. The van der Waals surface area contributed by atoms with E-state index in [1.165, 1.54) is 71.1 Å². The zero-order chi connectivity index (χ0) is 25.6. The lowest BCUT2D eigenvalue weighted by Gasteiger charge is -2.15. The quantitative estimate of drug-likeness (QED) is 0.0547. The number of carbonyl (C=O) groups excluding carboxylic acids is 3. The fourth-order valence-corrected chi connectivity index (χ4v) is 3.60. The number of unbranched alkanes of at least 4 members (excludes halogenated alkanes) is 12. The molecule has 0 rings (SSSR count). The number of guanidine groups is 1. The van der Waals surface area contributed by atoms with Crippen molar-refractivity contribution < 1.29 is 19.1 Å². The lowest BCUT2D eigenvalue weighted by Crippen LogP contribution is -2.43. The first-order valence-electron chi connectivity index (χ1n) is 13.2. The molecular weight excluding hydrogens is 434 g/mol. The van der Waals surface area contributed by atoms with Crippen LogP contribution in [-0.2, 0) is 19.1 Å². The van der Waals surface area contributed by atoms with Crippen LogP contribution in [0, 0.1) is 5.41 Å². The van der Waals surface area contributed by atoms with Gasteiger partial charge in [0.25, 0.3) is 0 Å². The Labute approximate surface area is 206 Å². The van der Waals surface area contributed by atoms with Gasteiger partial charge in [-0.15, -0.1) is 0 Å². The van der Waals surface area contributed by atoms with Gasteiger partial charge in [-0.2, -0.15) is 0 Å². The summed E-state index contributed by atoms with van der Waals surface area (Å²) in [5, 5.41) is 12.2. The maximum atomic E-state index is 12.0. The van der Waals surface area contributed by atoms with E-state index in [2.05, 4.69) is 17.6 Å². The molecule has 0 fully saturated rings. The summed E-state index contributed by atoms with van der Waals surface area (Å²) in [7, 11) is 0. The van der Waals surface area contributed by atoms with E-state index in [0.29, 0.717) is 19.4 Å². The second kappa shape index (κ2) is 21.4. The van der Waals surface area contributed by atoms with E-state index in [1.807, 2.05) is 0 Å². The molecule has 0 aliphatic carbocycles. The summed E-state index contributed by atoms with van der Waals surface area (Å²) >= 11 is 0. The maximum Gasteiger partial charge on any atom is 0.336 e. The number of hydrogen-bond acceptors (Lipinski definition) is 6. The predicted molar refractivity (Wildman–Crippen MR) is 136 cm³/mol. The molecule has 0 aromatic heterocycles. The van der Waals surface area contributed by atoms with Gasteiger partial charge in [-0.3, -0.25) is 10.2 Å². The van der Waals surface area contributed by atoms with Crippen LogP contribution in [0.5, 0.6) is 0 Å². The van der Waals surface area contributed by atoms with E-state index in [1.54, 1.807) is 0 Å². The Morgan fingerprint density at radius 2 is 1.32 bits per heavy atom. The molecule has 0 aromatic rings. The number of hydrogen-bond donors (Lipinski definition) is 5. The summed E-state index contributed by atoms with van der Waals surface area (Å²) in [6.07, 6.45) is 17.2. The number of carbonyl (C=O) groups is 3. The second-order valence-corrected chi connectivity index (χ2v) is 9.11. The molecule has 0 heterocycles. The van der Waals surface area contributed by atoms with Gasteiger partial charge < -0.3 is 26.8 Å². The van der Waals surface area contributed by atoms with Crippen LogP contribution in [0.2, 0.25) is 0 Å². The fourth-order valence-electron chi connectivity index (χ4n) is 3.60. The monoisotopic (exact) mass is 483 g/mol. The Hall–Kier alpha value is -2.16. The first-order valence-corrected chi connectivity index (χ1v) is 13.2. The standard InChI is InChI=1S/C25H49N5O4/c1-3-4-5-6-7-8-9-10-11-12-13-14-15-18-22(31)30-20(2)23(32)34-24(33)21(26)17-16-19-29-25(27)28/h20-21H,3-19,26H2,1-2H3,(H,30,31)(H4,27,28,29)/t20-,21-/m0/s1. The van der Waals surface area contributed by atoms with Crippen molar-refractivity contribution in [3.8, 4) is 0 Å². The molecule has 0 aliphatic rings. The second-order valence-electron chi connectivity index (χ2n) is 9.11. The van der Waals surface area contributed by atoms with Gasteiger partial charge in [0.05, 0.1) is 0 Å². The minimum absolute atomic E-state index is 0.158. The minimum atomic E-state index is -0.952. The maximum absolute atomic E-state index is 12.0. The third kappa shape index (κ3) is 19.3. The Kier molecular flexibility index (Phi) is 20.0. The van der Waals surface area contributed by atoms with Gasteiger partial charge in [-0.25, -0.2) is 9.59 Å². The van der Waals surface area contributed by atoms with Gasteiger partial charge >= 0.3 is 11.9 Å². The highest BCUT2D eigenvalue weighted by atomic mass is 16.6. The molecule has 0 spiro atoms. The number of nitrogens with one attached hydrogen (secondary N) is 3. The van der Waals surface area contributed by atoms with Gasteiger partial charge in [-0.1, -0.05) is 84.0 Å². The van der Waals surface area contributed by atoms with Crippen LogP contribution in [0.3, 0.4) is 0 Å². The van der Waals surface area contributed by atoms with Crippen molar-refractivity contribution in [2.75, 3.05) is 6.54 Å². The SMILES string of the molecule is CCCCCCCCCCCCCCCC(=O)N[C@@H](C)C(=O)OC(=O)[C@@H](N)CCCNC(=N)N. The van der Waals surface area contributed by atoms with Crippen LogP contribution >= 0.6 is 0 Å². The zero-order valence-electron chi connectivity index (χ0n) is 21.5. The summed E-state index contributed by atoms with van der Waals surface area (Å²) < 4.78 is 4.77. The third-order valence-electron chi connectivity index (χ3n) is 5.75.